The van der Waals surface area contributed by atoms with Crippen molar-refractivity contribution in [3.05, 3.63) is 92.9 Å². The van der Waals surface area contributed by atoms with E-state index in [1.165, 1.54) is 45.1 Å². The Morgan fingerprint density at radius 2 is 1.80 bits per heavy atom. The molecule has 0 saturated heterocycles. The number of nitrogens with zero attached hydrogens (tertiary/aromatic N) is 5. The van der Waals surface area contributed by atoms with Crippen molar-refractivity contribution in [3.8, 4) is 27.6 Å². The number of hydrogen-bond acceptors (Lipinski definition) is 7. The van der Waals surface area contributed by atoms with Crippen molar-refractivity contribution >= 4 is 27.6 Å². The first-order valence-corrected chi connectivity index (χ1v) is 14.8. The van der Waals surface area contributed by atoms with Gasteiger partial charge in [0, 0.05) is 31.2 Å². The highest BCUT2D eigenvalue weighted by Gasteiger charge is 2.24. The molecular weight excluding hydrogens is 585 g/mol. The van der Waals surface area contributed by atoms with Crippen LogP contribution in [0.3, 0.4) is 0 Å². The molecule has 0 saturated carbocycles. The Bertz CT molecular complexity index is 1980. The number of aryl methyl sites for hydroxylation is 2. The Balaban J connectivity index is 1.66. The van der Waals surface area contributed by atoms with Gasteiger partial charge >= 0.3 is 11.8 Å². The standard InChI is InChI=1S/C32H34FN5O5S/c1-19-17-36(18-34-19)24-13-8-21(16-25(24)42-7)27-20(2)26-28(39)38(23-11-9-22(33)10-12-23)30(40)37(29(26)44-27)15-14-35(6)31(41)43-32(3,4)5/h8-13,16-18H,14-15H2,1-7H3. The first-order valence-electron chi connectivity index (χ1n) is 14.0. The predicted octanol–water partition coefficient (Wildman–Crippen LogP) is 5.70. The van der Waals surface area contributed by atoms with Crippen molar-refractivity contribution in [2.24, 2.45) is 0 Å². The van der Waals surface area contributed by atoms with Crippen LogP contribution in [0.15, 0.2) is 64.6 Å². The molecule has 0 atom stereocenters. The summed E-state index contributed by atoms with van der Waals surface area (Å²) in [6.45, 7) is 9.31. The van der Waals surface area contributed by atoms with Crippen LogP contribution in [-0.4, -0.2) is 56.0 Å². The second kappa shape index (κ2) is 11.8. The summed E-state index contributed by atoms with van der Waals surface area (Å²) in [5.41, 5.74) is 1.62. The Kier molecular flexibility index (Phi) is 8.21. The Labute approximate surface area is 257 Å². The van der Waals surface area contributed by atoms with E-state index in [2.05, 4.69) is 4.98 Å². The summed E-state index contributed by atoms with van der Waals surface area (Å²) in [6, 6.07) is 10.9. The molecule has 5 rings (SSSR count). The molecule has 0 spiro atoms. The van der Waals surface area contributed by atoms with Crippen LogP contribution in [0.25, 0.3) is 32.0 Å². The Morgan fingerprint density at radius 1 is 1.09 bits per heavy atom. The zero-order valence-electron chi connectivity index (χ0n) is 25.7. The van der Waals surface area contributed by atoms with Crippen molar-refractivity contribution in [1.82, 2.24) is 23.6 Å². The lowest BCUT2D eigenvalue weighted by Crippen LogP contribution is -2.41. The minimum absolute atomic E-state index is 0.0915. The fourth-order valence-electron chi connectivity index (χ4n) is 4.90. The van der Waals surface area contributed by atoms with Gasteiger partial charge in [-0.3, -0.25) is 9.36 Å². The number of benzene rings is 2. The summed E-state index contributed by atoms with van der Waals surface area (Å²) in [5.74, 6) is 0.122. The highest BCUT2D eigenvalue weighted by atomic mass is 32.1. The second-order valence-electron chi connectivity index (χ2n) is 11.5. The molecule has 3 heterocycles. The number of fused-ring (bicyclic) bond motifs is 1. The summed E-state index contributed by atoms with van der Waals surface area (Å²) in [7, 11) is 3.18. The molecule has 3 aromatic heterocycles. The topological polar surface area (TPSA) is 101 Å². The van der Waals surface area contributed by atoms with E-state index in [1.54, 1.807) is 41.3 Å². The van der Waals surface area contributed by atoms with Crippen molar-refractivity contribution in [1.29, 1.82) is 0 Å². The highest BCUT2D eigenvalue weighted by molar-refractivity contribution is 7.22. The van der Waals surface area contributed by atoms with Crippen LogP contribution in [0.1, 0.15) is 32.0 Å². The van der Waals surface area contributed by atoms with Crippen molar-refractivity contribution in [2.45, 2.75) is 46.8 Å². The predicted molar refractivity (Wildman–Crippen MR) is 169 cm³/mol. The van der Waals surface area contributed by atoms with Crippen LogP contribution in [0.4, 0.5) is 9.18 Å². The molecule has 0 bridgehead atoms. The highest BCUT2D eigenvalue weighted by Crippen LogP contribution is 2.39. The number of likely N-dealkylation sites (N-methyl/N-ethyl adjacent to an activating group) is 1. The van der Waals surface area contributed by atoms with E-state index in [-0.39, 0.29) is 18.8 Å². The van der Waals surface area contributed by atoms with Gasteiger partial charge in [0.25, 0.3) is 5.56 Å². The number of rotatable bonds is 7. The van der Waals surface area contributed by atoms with Gasteiger partial charge in [-0.1, -0.05) is 6.07 Å². The van der Waals surface area contributed by atoms with Crippen LogP contribution >= 0.6 is 11.3 Å². The number of carbonyl (C=O) groups excluding carboxylic acids is 1. The molecule has 12 heteroatoms. The SMILES string of the molecule is COc1cc(-c2sc3c(c2C)c(=O)n(-c2ccc(F)cc2)c(=O)n3CCN(C)C(=O)OC(C)(C)C)ccc1-n1cnc(C)c1. The molecule has 0 radical (unpaired) electrons. The van der Waals surface area contributed by atoms with Gasteiger partial charge < -0.3 is 18.9 Å². The number of aromatic nitrogens is 4. The molecule has 0 N–H and O–H groups in total. The van der Waals surface area contributed by atoms with Gasteiger partial charge in [-0.05, 0) is 82.1 Å². The van der Waals surface area contributed by atoms with E-state index in [4.69, 9.17) is 9.47 Å². The molecule has 44 heavy (non-hydrogen) atoms. The maximum Gasteiger partial charge on any atom is 0.410 e. The van der Waals surface area contributed by atoms with Gasteiger partial charge in [0.2, 0.25) is 0 Å². The van der Waals surface area contributed by atoms with Gasteiger partial charge in [0.1, 0.15) is 22.0 Å². The molecule has 2 aromatic carbocycles. The van der Waals surface area contributed by atoms with Gasteiger partial charge in [0.05, 0.1) is 35.9 Å². The number of ether oxygens (including phenoxy) is 2. The smallest absolute Gasteiger partial charge is 0.410 e. The van der Waals surface area contributed by atoms with Gasteiger partial charge in [-0.2, -0.15) is 0 Å². The van der Waals surface area contributed by atoms with E-state index in [9.17, 15) is 18.8 Å². The van der Waals surface area contributed by atoms with Crippen LogP contribution < -0.4 is 16.0 Å². The fraction of sp³-hybridized carbons (Fsp3) is 0.312. The lowest BCUT2D eigenvalue weighted by atomic mass is 10.1. The maximum atomic E-state index is 14.0. The minimum Gasteiger partial charge on any atom is -0.495 e. The normalized spacial score (nSPS) is 11.6. The average Bonchev–Trinajstić information content (AvgIpc) is 3.55. The molecule has 230 valence electrons. The molecule has 0 aliphatic heterocycles. The molecule has 0 aliphatic carbocycles. The third kappa shape index (κ3) is 5.89. The zero-order chi connectivity index (χ0) is 31.9. The third-order valence-corrected chi connectivity index (χ3v) is 8.46. The summed E-state index contributed by atoms with van der Waals surface area (Å²) in [5, 5.41) is 0.363. The van der Waals surface area contributed by atoms with E-state index >= 15 is 0 Å². The first kappa shape index (κ1) is 30.7. The quantitative estimate of drug-likeness (QED) is 0.232. The monoisotopic (exact) mass is 619 g/mol. The van der Waals surface area contributed by atoms with Gasteiger partial charge in [0.15, 0.2) is 0 Å². The molecule has 10 nitrogen and oxygen atoms in total. The summed E-state index contributed by atoms with van der Waals surface area (Å²) >= 11 is 1.31. The Morgan fingerprint density at radius 3 is 2.41 bits per heavy atom. The zero-order valence-corrected chi connectivity index (χ0v) is 26.5. The fourth-order valence-corrected chi connectivity index (χ4v) is 6.22. The van der Waals surface area contributed by atoms with Crippen LogP contribution in [0.5, 0.6) is 5.75 Å². The molecule has 1 amide bonds. The molecule has 0 aliphatic rings. The number of thiophene rings is 1. The third-order valence-electron chi connectivity index (χ3n) is 7.09. The van der Waals surface area contributed by atoms with Crippen LogP contribution in [0.2, 0.25) is 0 Å². The maximum absolute atomic E-state index is 14.0. The van der Waals surface area contributed by atoms with Crippen LogP contribution in [0, 0.1) is 19.7 Å². The number of carbonyl (C=O) groups is 1. The number of halogens is 1. The van der Waals surface area contributed by atoms with E-state index in [1.807, 2.05) is 42.8 Å². The van der Waals surface area contributed by atoms with E-state index < -0.39 is 28.8 Å². The number of methoxy groups -OCH3 is 1. The van der Waals surface area contributed by atoms with E-state index in [0.717, 1.165) is 26.4 Å². The molecule has 5 aromatic rings. The number of hydrogen-bond donors (Lipinski definition) is 0. The average molecular weight is 620 g/mol. The largest absolute Gasteiger partial charge is 0.495 e. The van der Waals surface area contributed by atoms with Gasteiger partial charge in [-0.25, -0.2) is 23.5 Å². The summed E-state index contributed by atoms with van der Waals surface area (Å²) < 4.78 is 29.3. The summed E-state index contributed by atoms with van der Waals surface area (Å²) in [4.78, 5) is 47.5. The number of amides is 1. The van der Waals surface area contributed by atoms with Crippen LogP contribution in [-0.2, 0) is 11.3 Å². The van der Waals surface area contributed by atoms with Gasteiger partial charge in [-0.15, -0.1) is 11.3 Å². The number of imidazole rings is 1. The second-order valence-corrected chi connectivity index (χ2v) is 12.5. The first-order chi connectivity index (χ1) is 20.8. The lowest BCUT2D eigenvalue weighted by Gasteiger charge is -2.25. The van der Waals surface area contributed by atoms with Crippen molar-refractivity contribution < 1.29 is 18.7 Å². The van der Waals surface area contributed by atoms with E-state index in [0.29, 0.717) is 21.5 Å². The van der Waals surface area contributed by atoms with Crippen molar-refractivity contribution in [2.75, 3.05) is 20.7 Å². The summed E-state index contributed by atoms with van der Waals surface area (Å²) in [6.07, 6.45) is 3.08. The molecule has 0 unspecified atom stereocenters. The Hall–Kier alpha value is -4.71. The lowest BCUT2D eigenvalue weighted by molar-refractivity contribution is 0.0293. The molecule has 0 fully saturated rings. The minimum atomic E-state index is -0.682. The molecular formula is C32H34FN5O5S. The van der Waals surface area contributed by atoms with Crippen molar-refractivity contribution in [3.63, 3.8) is 0 Å².